The van der Waals surface area contributed by atoms with Crippen LogP contribution in [0.1, 0.15) is 15.9 Å². The van der Waals surface area contributed by atoms with Crippen molar-refractivity contribution in [3.63, 3.8) is 0 Å². The fourth-order valence-corrected chi connectivity index (χ4v) is 3.20. The summed E-state index contributed by atoms with van der Waals surface area (Å²) in [6.07, 6.45) is 0. The molecule has 1 amide bonds. The quantitative estimate of drug-likeness (QED) is 0.395. The number of nitrogens with zero attached hydrogens (tertiary/aromatic N) is 2. The first-order valence-electron chi connectivity index (χ1n) is 9.46. The molecule has 4 rings (SSSR count). The smallest absolute Gasteiger partial charge is 0.251 e. The highest BCUT2D eigenvalue weighted by Gasteiger charge is 2.07. The number of carbonyl (C=O) groups excluding carboxylic acids is 1. The van der Waals surface area contributed by atoms with Crippen LogP contribution in [0.3, 0.4) is 0 Å². The predicted octanol–water partition coefficient (Wildman–Crippen LogP) is 5.58. The van der Waals surface area contributed by atoms with Gasteiger partial charge in [0.25, 0.3) is 5.91 Å². The van der Waals surface area contributed by atoms with Crippen molar-refractivity contribution in [2.45, 2.75) is 6.54 Å². The lowest BCUT2D eigenvalue weighted by atomic mass is 10.1. The third-order valence-corrected chi connectivity index (χ3v) is 5.03. The van der Waals surface area contributed by atoms with Gasteiger partial charge in [-0.25, -0.2) is 0 Å². The average molecular weight is 459 g/mol. The molecule has 148 valence electrons. The summed E-state index contributed by atoms with van der Waals surface area (Å²) >= 11 is 3.41. The van der Waals surface area contributed by atoms with Gasteiger partial charge < -0.3 is 10.6 Å². The molecule has 0 spiro atoms. The fraction of sp³-hybridized carbons (Fsp3) is 0.0417. The maximum Gasteiger partial charge on any atom is 0.251 e. The van der Waals surface area contributed by atoms with Gasteiger partial charge in [0.2, 0.25) is 0 Å². The summed E-state index contributed by atoms with van der Waals surface area (Å²) in [6, 6.07) is 28.8. The van der Waals surface area contributed by atoms with Gasteiger partial charge in [-0.05, 0) is 48.0 Å². The van der Waals surface area contributed by atoms with Crippen molar-refractivity contribution in [3.05, 3.63) is 107 Å². The van der Waals surface area contributed by atoms with Crippen LogP contribution in [0.15, 0.2) is 95.5 Å². The van der Waals surface area contributed by atoms with Crippen molar-refractivity contribution in [3.8, 4) is 11.3 Å². The molecule has 1 heterocycles. The molecule has 0 aliphatic carbocycles. The van der Waals surface area contributed by atoms with Gasteiger partial charge in [0.15, 0.2) is 5.82 Å². The van der Waals surface area contributed by atoms with Crippen molar-refractivity contribution >= 4 is 33.3 Å². The van der Waals surface area contributed by atoms with Gasteiger partial charge in [-0.15, -0.1) is 10.2 Å². The first-order valence-corrected chi connectivity index (χ1v) is 10.3. The zero-order valence-electron chi connectivity index (χ0n) is 16.0. The van der Waals surface area contributed by atoms with Crippen molar-refractivity contribution in [1.82, 2.24) is 15.5 Å². The minimum Gasteiger partial charge on any atom is -0.348 e. The third kappa shape index (κ3) is 5.10. The summed E-state index contributed by atoms with van der Waals surface area (Å²) in [6.45, 7) is 0.468. The number of nitrogens with one attached hydrogen (secondary N) is 2. The summed E-state index contributed by atoms with van der Waals surface area (Å²) in [5, 5.41) is 14.7. The highest BCUT2D eigenvalue weighted by molar-refractivity contribution is 9.10. The van der Waals surface area contributed by atoms with Gasteiger partial charge in [0.1, 0.15) is 0 Å². The number of anilines is 2. The summed E-state index contributed by atoms with van der Waals surface area (Å²) in [5.74, 6) is 0.481. The first kappa shape index (κ1) is 19.8. The van der Waals surface area contributed by atoms with E-state index >= 15 is 0 Å². The standard InChI is InChI=1S/C24H19BrN4O/c25-20-11-9-17(10-12-20)16-26-24(30)19-7-4-8-21(15-19)27-23-14-13-22(28-29-23)18-5-2-1-3-6-18/h1-15H,16H2,(H,26,30)(H,27,29). The molecule has 0 bridgehead atoms. The van der Waals surface area contributed by atoms with E-state index in [0.29, 0.717) is 17.9 Å². The van der Waals surface area contributed by atoms with E-state index in [-0.39, 0.29) is 5.91 Å². The van der Waals surface area contributed by atoms with Crippen LogP contribution >= 0.6 is 15.9 Å². The molecule has 0 saturated carbocycles. The van der Waals surface area contributed by atoms with Crippen molar-refractivity contribution in [1.29, 1.82) is 0 Å². The van der Waals surface area contributed by atoms with Crippen molar-refractivity contribution in [2.24, 2.45) is 0 Å². The third-order valence-electron chi connectivity index (χ3n) is 4.50. The fourth-order valence-electron chi connectivity index (χ4n) is 2.93. The van der Waals surface area contributed by atoms with E-state index < -0.39 is 0 Å². The van der Waals surface area contributed by atoms with Crippen LogP contribution in [0.25, 0.3) is 11.3 Å². The normalized spacial score (nSPS) is 10.4. The molecule has 3 aromatic carbocycles. The minimum atomic E-state index is -0.132. The van der Waals surface area contributed by atoms with Crippen LogP contribution in [0.2, 0.25) is 0 Å². The SMILES string of the molecule is O=C(NCc1ccc(Br)cc1)c1cccc(Nc2ccc(-c3ccccc3)nn2)c1. The van der Waals surface area contributed by atoms with Gasteiger partial charge in [0, 0.05) is 27.8 Å². The topological polar surface area (TPSA) is 66.9 Å². The summed E-state index contributed by atoms with van der Waals surface area (Å²) in [7, 11) is 0. The van der Waals surface area contributed by atoms with Crippen molar-refractivity contribution in [2.75, 3.05) is 5.32 Å². The number of carbonyl (C=O) groups is 1. The van der Waals surface area contributed by atoms with Crippen LogP contribution in [-0.4, -0.2) is 16.1 Å². The molecule has 0 atom stereocenters. The molecule has 0 radical (unpaired) electrons. The second kappa shape index (κ2) is 9.33. The molecular weight excluding hydrogens is 440 g/mol. The van der Waals surface area contributed by atoms with Crippen LogP contribution in [0.5, 0.6) is 0 Å². The lowest BCUT2D eigenvalue weighted by molar-refractivity contribution is 0.0951. The molecule has 6 heteroatoms. The van der Waals surface area contributed by atoms with Crippen molar-refractivity contribution < 1.29 is 4.79 Å². The minimum absolute atomic E-state index is 0.132. The van der Waals surface area contributed by atoms with Gasteiger partial charge in [-0.3, -0.25) is 4.79 Å². The number of aromatic nitrogens is 2. The van der Waals surface area contributed by atoms with Gasteiger partial charge in [-0.2, -0.15) is 0 Å². The molecule has 2 N–H and O–H groups in total. The van der Waals surface area contributed by atoms with E-state index in [1.165, 1.54) is 0 Å². The largest absolute Gasteiger partial charge is 0.348 e. The zero-order valence-corrected chi connectivity index (χ0v) is 17.6. The Labute approximate surface area is 183 Å². The Hall–Kier alpha value is -3.51. The second-order valence-corrected chi connectivity index (χ2v) is 7.60. The predicted molar refractivity (Wildman–Crippen MR) is 123 cm³/mol. The Balaban J connectivity index is 1.40. The number of benzene rings is 3. The number of halogens is 1. The average Bonchev–Trinajstić information content (AvgIpc) is 2.80. The van der Waals surface area contributed by atoms with Crippen LogP contribution < -0.4 is 10.6 Å². The number of hydrogen-bond acceptors (Lipinski definition) is 4. The van der Waals surface area contributed by atoms with E-state index in [0.717, 1.165) is 27.0 Å². The van der Waals surface area contributed by atoms with Crippen LogP contribution in [0, 0.1) is 0 Å². The first-order chi connectivity index (χ1) is 14.7. The van der Waals surface area contributed by atoms with Crippen LogP contribution in [0.4, 0.5) is 11.5 Å². The molecule has 0 saturated heterocycles. The van der Waals surface area contributed by atoms with Gasteiger partial charge in [0.05, 0.1) is 5.69 Å². The second-order valence-electron chi connectivity index (χ2n) is 6.68. The zero-order chi connectivity index (χ0) is 20.8. The van der Waals surface area contributed by atoms with Crippen LogP contribution in [-0.2, 0) is 6.54 Å². The Kier molecular flexibility index (Phi) is 6.15. The highest BCUT2D eigenvalue weighted by Crippen LogP contribution is 2.19. The Morgan fingerprint density at radius 3 is 2.37 bits per heavy atom. The molecule has 4 aromatic rings. The lowest BCUT2D eigenvalue weighted by Gasteiger charge is -2.09. The van der Waals surface area contributed by atoms with Gasteiger partial charge >= 0.3 is 0 Å². The maximum absolute atomic E-state index is 12.5. The summed E-state index contributed by atoms with van der Waals surface area (Å²) < 4.78 is 1.01. The molecule has 0 fully saturated rings. The molecule has 0 aliphatic heterocycles. The molecular formula is C24H19BrN4O. The summed E-state index contributed by atoms with van der Waals surface area (Å²) in [4.78, 5) is 12.5. The van der Waals surface area contributed by atoms with E-state index in [9.17, 15) is 4.79 Å². The number of amides is 1. The Morgan fingerprint density at radius 2 is 1.63 bits per heavy atom. The summed E-state index contributed by atoms with van der Waals surface area (Å²) in [5.41, 5.74) is 4.21. The molecule has 0 unspecified atom stereocenters. The number of rotatable bonds is 6. The molecule has 5 nitrogen and oxygen atoms in total. The molecule has 30 heavy (non-hydrogen) atoms. The van der Waals surface area contributed by atoms with E-state index in [4.69, 9.17) is 0 Å². The molecule has 1 aromatic heterocycles. The van der Waals surface area contributed by atoms with E-state index in [1.54, 1.807) is 12.1 Å². The Bertz CT molecular complexity index is 1130. The van der Waals surface area contributed by atoms with E-state index in [2.05, 4.69) is 36.8 Å². The van der Waals surface area contributed by atoms with Gasteiger partial charge in [-0.1, -0.05) is 64.5 Å². The van der Waals surface area contributed by atoms with E-state index in [1.807, 2.05) is 78.9 Å². The lowest BCUT2D eigenvalue weighted by Crippen LogP contribution is -2.22. The Morgan fingerprint density at radius 1 is 0.833 bits per heavy atom. The number of hydrogen-bond donors (Lipinski definition) is 2. The maximum atomic E-state index is 12.5. The molecule has 0 aliphatic rings. The monoisotopic (exact) mass is 458 g/mol. The highest BCUT2D eigenvalue weighted by atomic mass is 79.9.